The summed E-state index contributed by atoms with van der Waals surface area (Å²) in [4.78, 5) is 2.42. The molecule has 72 heavy (non-hydrogen) atoms. The number of fused-ring (bicyclic) bond motifs is 9. The molecule has 0 bridgehead atoms. The van der Waals surface area contributed by atoms with Crippen molar-refractivity contribution in [2.24, 2.45) is 0 Å². The molecular formula is C70H45NO. The van der Waals surface area contributed by atoms with Gasteiger partial charge in [-0.1, -0.05) is 218 Å². The maximum Gasteiger partial charge on any atom is 0.143 e. The highest BCUT2D eigenvalue weighted by atomic mass is 16.3. The molecule has 0 unspecified atom stereocenters. The third-order valence-electron chi connectivity index (χ3n) is 14.6. The van der Waals surface area contributed by atoms with Crippen molar-refractivity contribution in [3.63, 3.8) is 0 Å². The van der Waals surface area contributed by atoms with E-state index in [9.17, 15) is 0 Å². The second-order valence-electron chi connectivity index (χ2n) is 18.7. The van der Waals surface area contributed by atoms with E-state index in [1.807, 2.05) is 0 Å². The first kappa shape index (κ1) is 41.5. The van der Waals surface area contributed by atoms with Gasteiger partial charge in [0.15, 0.2) is 0 Å². The standard InChI is InChI=1S/C70H45NO/c1-3-20-48(21-4-1)67-63-34-12-11-33-61(63)62-40-39-51(45-65(62)68(67)49-22-5-2-6-23-49)50-25-13-28-54(42-50)71(55-29-14-26-52(43-55)58-35-16-24-46-18-7-9-31-57(46)58)56-30-15-27-53(44-56)59-36-17-37-66-69(59)64-41-38-47-19-8-10-32-60(47)70(64)72-66/h1-45H. The van der Waals surface area contributed by atoms with Gasteiger partial charge in [0, 0.05) is 33.2 Å². The Hall–Kier alpha value is -9.50. The third kappa shape index (κ3) is 6.95. The summed E-state index contributed by atoms with van der Waals surface area (Å²) < 4.78 is 6.68. The van der Waals surface area contributed by atoms with Gasteiger partial charge in [-0.25, -0.2) is 0 Å². The highest BCUT2D eigenvalue weighted by Crippen LogP contribution is 2.47. The molecule has 1 aromatic heterocycles. The number of anilines is 3. The van der Waals surface area contributed by atoms with Crippen LogP contribution in [0, 0.1) is 0 Å². The van der Waals surface area contributed by atoms with E-state index in [0.29, 0.717) is 0 Å². The number of hydrogen-bond acceptors (Lipinski definition) is 2. The summed E-state index contributed by atoms with van der Waals surface area (Å²) in [6.45, 7) is 0. The molecule has 0 aliphatic carbocycles. The van der Waals surface area contributed by atoms with Gasteiger partial charge in [-0.3, -0.25) is 0 Å². The molecule has 0 radical (unpaired) electrons. The number of hydrogen-bond donors (Lipinski definition) is 0. The lowest BCUT2D eigenvalue weighted by atomic mass is 9.84. The van der Waals surface area contributed by atoms with Gasteiger partial charge in [0.2, 0.25) is 0 Å². The van der Waals surface area contributed by atoms with Crippen LogP contribution >= 0.6 is 0 Å². The highest BCUT2D eigenvalue weighted by Gasteiger charge is 2.21. The van der Waals surface area contributed by atoms with E-state index >= 15 is 0 Å². The summed E-state index contributed by atoms with van der Waals surface area (Å²) in [6.07, 6.45) is 0. The van der Waals surface area contributed by atoms with Gasteiger partial charge in [-0.15, -0.1) is 0 Å². The zero-order valence-electron chi connectivity index (χ0n) is 39.3. The Morgan fingerprint density at radius 2 is 0.708 bits per heavy atom. The fourth-order valence-corrected chi connectivity index (χ4v) is 11.3. The van der Waals surface area contributed by atoms with Crippen LogP contribution in [0.2, 0.25) is 0 Å². The van der Waals surface area contributed by atoms with Crippen LogP contribution in [-0.2, 0) is 0 Å². The van der Waals surface area contributed by atoms with Crippen LogP contribution in [0.3, 0.4) is 0 Å². The molecule has 0 saturated heterocycles. The van der Waals surface area contributed by atoms with Crippen LogP contribution in [-0.4, -0.2) is 0 Å². The van der Waals surface area contributed by atoms with Crippen molar-refractivity contribution in [3.8, 4) is 55.6 Å². The van der Waals surface area contributed by atoms with E-state index in [-0.39, 0.29) is 0 Å². The van der Waals surface area contributed by atoms with Gasteiger partial charge in [-0.2, -0.15) is 0 Å². The minimum absolute atomic E-state index is 0.881. The molecule has 0 aliphatic rings. The third-order valence-corrected chi connectivity index (χ3v) is 14.6. The van der Waals surface area contributed by atoms with Crippen LogP contribution in [0.4, 0.5) is 17.1 Å². The van der Waals surface area contributed by atoms with Crippen LogP contribution in [0.25, 0.3) is 121 Å². The molecule has 13 aromatic carbocycles. The number of rotatable bonds is 8. The highest BCUT2D eigenvalue weighted by molar-refractivity contribution is 6.22. The van der Waals surface area contributed by atoms with E-state index in [2.05, 4.69) is 278 Å². The van der Waals surface area contributed by atoms with E-state index in [4.69, 9.17) is 4.42 Å². The lowest BCUT2D eigenvalue weighted by molar-refractivity contribution is 0.673. The van der Waals surface area contributed by atoms with E-state index in [1.54, 1.807) is 0 Å². The molecule has 0 amide bonds. The van der Waals surface area contributed by atoms with Gasteiger partial charge in [0.25, 0.3) is 0 Å². The van der Waals surface area contributed by atoms with Crippen LogP contribution in [0.5, 0.6) is 0 Å². The summed E-state index contributed by atoms with van der Waals surface area (Å²) in [5, 5.41) is 11.9. The molecule has 0 N–H and O–H groups in total. The molecule has 0 saturated carbocycles. The molecule has 0 atom stereocenters. The number of furan rings is 1. The van der Waals surface area contributed by atoms with Crippen molar-refractivity contribution in [1.29, 1.82) is 0 Å². The van der Waals surface area contributed by atoms with Crippen molar-refractivity contribution in [1.82, 2.24) is 0 Å². The molecule has 1 heterocycles. The first-order valence-electron chi connectivity index (χ1n) is 24.7. The summed E-state index contributed by atoms with van der Waals surface area (Å²) in [7, 11) is 0. The molecule has 0 fully saturated rings. The summed E-state index contributed by atoms with van der Waals surface area (Å²) in [5.74, 6) is 0. The Morgan fingerprint density at radius 3 is 1.42 bits per heavy atom. The van der Waals surface area contributed by atoms with Crippen LogP contribution < -0.4 is 4.90 Å². The quantitative estimate of drug-likeness (QED) is 0.141. The number of benzene rings is 13. The minimum Gasteiger partial charge on any atom is -0.455 e. The number of nitrogens with zero attached hydrogens (tertiary/aromatic N) is 1. The van der Waals surface area contributed by atoms with Crippen LogP contribution in [0.1, 0.15) is 0 Å². The Kier molecular flexibility index (Phi) is 9.89. The molecule has 0 aliphatic heterocycles. The predicted octanol–water partition coefficient (Wildman–Crippen LogP) is 20.0. The van der Waals surface area contributed by atoms with Crippen molar-refractivity contribution in [3.05, 3.63) is 273 Å². The maximum absolute atomic E-state index is 6.68. The molecule has 14 rings (SSSR count). The van der Waals surface area contributed by atoms with E-state index in [1.165, 1.54) is 65.5 Å². The lowest BCUT2D eigenvalue weighted by Gasteiger charge is -2.27. The van der Waals surface area contributed by atoms with Gasteiger partial charge in [-0.05, 0) is 148 Å². The summed E-state index contributed by atoms with van der Waals surface area (Å²) in [5.41, 5.74) is 16.8. The molecule has 14 aromatic rings. The van der Waals surface area contributed by atoms with Gasteiger partial charge in [0.05, 0.1) is 0 Å². The summed E-state index contributed by atoms with van der Waals surface area (Å²) >= 11 is 0. The Balaban J connectivity index is 0.966. The second kappa shape index (κ2) is 17.2. The van der Waals surface area contributed by atoms with Gasteiger partial charge >= 0.3 is 0 Å². The Bertz CT molecular complexity index is 4390. The smallest absolute Gasteiger partial charge is 0.143 e. The summed E-state index contributed by atoms with van der Waals surface area (Å²) in [6, 6.07) is 99.3. The van der Waals surface area contributed by atoms with E-state index < -0.39 is 0 Å². The zero-order valence-corrected chi connectivity index (χ0v) is 39.3. The first-order chi connectivity index (χ1) is 35.7. The minimum atomic E-state index is 0.881. The average Bonchev–Trinajstić information content (AvgIpc) is 3.85. The fraction of sp³-hybridized carbons (Fsp3) is 0. The first-order valence-corrected chi connectivity index (χ1v) is 24.7. The van der Waals surface area contributed by atoms with Gasteiger partial charge < -0.3 is 9.32 Å². The van der Waals surface area contributed by atoms with Crippen molar-refractivity contribution >= 4 is 82.1 Å². The molecule has 2 nitrogen and oxygen atoms in total. The topological polar surface area (TPSA) is 16.4 Å². The van der Waals surface area contributed by atoms with Crippen molar-refractivity contribution in [2.75, 3.05) is 4.90 Å². The zero-order chi connectivity index (χ0) is 47.5. The predicted molar refractivity (Wildman–Crippen MR) is 306 cm³/mol. The normalized spacial score (nSPS) is 11.6. The monoisotopic (exact) mass is 915 g/mol. The van der Waals surface area contributed by atoms with Crippen molar-refractivity contribution in [2.45, 2.75) is 0 Å². The van der Waals surface area contributed by atoms with E-state index in [0.717, 1.165) is 72.2 Å². The SMILES string of the molecule is c1ccc(-c2c(-c3ccccc3)c3cc(-c4cccc(N(c5cccc(-c6cccc7ccccc67)c5)c5cccc(-c6cccc7oc8c9ccccc9ccc8c67)c5)c4)ccc3c3ccccc23)cc1. The lowest BCUT2D eigenvalue weighted by Crippen LogP contribution is -2.10. The second-order valence-corrected chi connectivity index (χ2v) is 18.7. The average molecular weight is 916 g/mol. The fourth-order valence-electron chi connectivity index (χ4n) is 11.3. The molecular weight excluding hydrogens is 871 g/mol. The molecule has 2 heteroatoms. The van der Waals surface area contributed by atoms with Crippen LogP contribution in [0.15, 0.2) is 277 Å². The van der Waals surface area contributed by atoms with Crippen molar-refractivity contribution < 1.29 is 4.42 Å². The maximum atomic E-state index is 6.68. The van der Waals surface area contributed by atoms with Gasteiger partial charge in [0.1, 0.15) is 11.2 Å². The Morgan fingerprint density at radius 1 is 0.250 bits per heavy atom. The largest absolute Gasteiger partial charge is 0.455 e. The Labute approximate surface area is 417 Å². The molecule has 0 spiro atoms. The molecule has 336 valence electrons.